The first kappa shape index (κ1) is 25.6. The van der Waals surface area contributed by atoms with Gasteiger partial charge >= 0.3 is 5.97 Å². The normalized spacial score (nSPS) is 17.7. The molecule has 0 amide bonds. The Hall–Kier alpha value is -4.72. The maximum atomic E-state index is 13.7. The molecule has 0 unspecified atom stereocenters. The fourth-order valence-electron chi connectivity index (χ4n) is 5.94. The highest BCUT2D eigenvalue weighted by molar-refractivity contribution is 6.12. The molecule has 8 heteroatoms. The van der Waals surface area contributed by atoms with Gasteiger partial charge in [0.15, 0.2) is 5.78 Å². The number of ketones is 1. The van der Waals surface area contributed by atoms with Gasteiger partial charge in [0.1, 0.15) is 17.6 Å². The second-order valence-electron chi connectivity index (χ2n) is 11.0. The smallest absolute Gasteiger partial charge is 0.338 e. The molecule has 8 nitrogen and oxygen atoms in total. The van der Waals surface area contributed by atoms with E-state index in [0.29, 0.717) is 17.8 Å². The minimum atomic E-state index is -0.631. The summed E-state index contributed by atoms with van der Waals surface area (Å²) in [6.07, 6.45) is 1.15. The van der Waals surface area contributed by atoms with E-state index in [4.69, 9.17) is 9.15 Å². The average Bonchev–Trinajstić information content (AvgIpc) is 3.41. The molecule has 2 heterocycles. The number of carbonyl (C=O) groups excluding carboxylic acids is 2. The Morgan fingerprint density at radius 1 is 1.10 bits per heavy atom. The number of anilines is 1. The lowest BCUT2D eigenvalue weighted by Gasteiger charge is -2.39. The Labute approximate surface area is 230 Å². The van der Waals surface area contributed by atoms with Crippen LogP contribution in [-0.2, 0) is 9.53 Å². The SMILES string of the molecule is CCOC(=O)c1ccc(-c2ccc([C@@H]3Nc4ccc5ccccc5c4C4=C3C(=O)CC(C)(C)C4)o2)c([N+](=O)[O-])c1. The molecule has 202 valence electrons. The number of nitrogens with zero attached hydrogens (tertiary/aromatic N) is 1. The minimum absolute atomic E-state index is 0.0602. The van der Waals surface area contributed by atoms with Gasteiger partial charge in [-0.05, 0) is 65.4 Å². The summed E-state index contributed by atoms with van der Waals surface area (Å²) in [6.45, 7) is 6.06. The fourth-order valence-corrected chi connectivity index (χ4v) is 5.94. The standard InChI is InChI=1S/C32H28N2O6/c1-4-39-31(36)19-9-11-21(24(15-19)34(37)38)26-13-14-27(40-26)30-29-22(16-32(2,3)17-25(29)35)28-20-8-6-5-7-18(20)10-12-23(28)33-30/h5-15,30,33H,4,16-17H2,1-3H3/t30-/m0/s1. The van der Waals surface area contributed by atoms with Crippen molar-refractivity contribution >= 4 is 39.5 Å². The molecule has 0 radical (unpaired) electrons. The van der Waals surface area contributed by atoms with E-state index in [-0.39, 0.29) is 40.4 Å². The first-order valence-electron chi connectivity index (χ1n) is 13.3. The number of nitro benzene ring substituents is 1. The second-order valence-corrected chi connectivity index (χ2v) is 11.0. The van der Waals surface area contributed by atoms with Crippen LogP contribution in [0.25, 0.3) is 27.7 Å². The van der Waals surface area contributed by atoms with Crippen molar-refractivity contribution in [3.05, 3.63) is 99.3 Å². The maximum Gasteiger partial charge on any atom is 0.338 e. The summed E-state index contributed by atoms with van der Waals surface area (Å²) in [5, 5.41) is 17.6. The van der Waals surface area contributed by atoms with Crippen LogP contribution in [0.15, 0.2) is 76.7 Å². The first-order valence-corrected chi connectivity index (χ1v) is 13.3. The number of furan rings is 1. The van der Waals surface area contributed by atoms with Crippen molar-refractivity contribution in [2.75, 3.05) is 11.9 Å². The molecule has 1 aliphatic heterocycles. The van der Waals surface area contributed by atoms with E-state index >= 15 is 0 Å². The molecule has 1 aliphatic carbocycles. The highest BCUT2D eigenvalue weighted by Crippen LogP contribution is 2.52. The topological polar surface area (TPSA) is 112 Å². The summed E-state index contributed by atoms with van der Waals surface area (Å²) in [7, 11) is 0. The van der Waals surface area contributed by atoms with Crippen molar-refractivity contribution in [2.24, 2.45) is 5.41 Å². The Morgan fingerprint density at radius 3 is 2.67 bits per heavy atom. The summed E-state index contributed by atoms with van der Waals surface area (Å²) in [5.74, 6) is 0.185. The minimum Gasteiger partial charge on any atom is -0.462 e. The van der Waals surface area contributed by atoms with Gasteiger partial charge in [0.05, 0.1) is 22.7 Å². The third kappa shape index (κ3) is 4.25. The van der Waals surface area contributed by atoms with E-state index in [1.54, 1.807) is 19.1 Å². The molecule has 40 heavy (non-hydrogen) atoms. The molecular formula is C32H28N2O6. The number of carbonyl (C=O) groups is 2. The second kappa shape index (κ2) is 9.48. The van der Waals surface area contributed by atoms with E-state index in [1.807, 2.05) is 18.2 Å². The first-order chi connectivity index (χ1) is 19.2. The number of ether oxygens (including phenoxy) is 1. The summed E-state index contributed by atoms with van der Waals surface area (Å²) < 4.78 is 11.2. The van der Waals surface area contributed by atoms with Gasteiger partial charge in [0.2, 0.25) is 0 Å². The number of rotatable bonds is 5. The molecule has 0 fully saturated rings. The van der Waals surface area contributed by atoms with Crippen molar-refractivity contribution in [3.8, 4) is 11.3 Å². The summed E-state index contributed by atoms with van der Waals surface area (Å²) in [6, 6.07) is 19.3. The van der Waals surface area contributed by atoms with Crippen LogP contribution < -0.4 is 5.32 Å². The third-order valence-electron chi connectivity index (χ3n) is 7.62. The van der Waals surface area contributed by atoms with E-state index in [2.05, 4.69) is 37.4 Å². The Balaban J connectivity index is 1.46. The van der Waals surface area contributed by atoms with Crippen LogP contribution in [0.2, 0.25) is 0 Å². The van der Waals surface area contributed by atoms with Crippen molar-refractivity contribution in [1.29, 1.82) is 0 Å². The molecule has 0 bridgehead atoms. The summed E-state index contributed by atoms with van der Waals surface area (Å²) >= 11 is 0. The van der Waals surface area contributed by atoms with Gasteiger partial charge in [-0.3, -0.25) is 14.9 Å². The quantitative estimate of drug-likeness (QED) is 0.160. The van der Waals surface area contributed by atoms with E-state index in [9.17, 15) is 19.7 Å². The van der Waals surface area contributed by atoms with Crippen LogP contribution in [0.3, 0.4) is 0 Å². The molecule has 0 spiro atoms. The number of hydrogen-bond donors (Lipinski definition) is 1. The van der Waals surface area contributed by atoms with Crippen LogP contribution in [0, 0.1) is 15.5 Å². The maximum absolute atomic E-state index is 13.7. The number of hydrogen-bond acceptors (Lipinski definition) is 7. The van der Waals surface area contributed by atoms with E-state index in [1.165, 1.54) is 18.2 Å². The number of nitro groups is 1. The van der Waals surface area contributed by atoms with Gasteiger partial charge in [-0.25, -0.2) is 4.79 Å². The Kier molecular flexibility index (Phi) is 6.06. The van der Waals surface area contributed by atoms with Crippen molar-refractivity contribution < 1.29 is 23.7 Å². The van der Waals surface area contributed by atoms with Gasteiger partial charge in [-0.1, -0.05) is 44.2 Å². The molecule has 2 aliphatic rings. The zero-order chi connectivity index (χ0) is 28.2. The highest BCUT2D eigenvalue weighted by Gasteiger charge is 2.42. The van der Waals surface area contributed by atoms with Gasteiger partial charge < -0.3 is 14.5 Å². The molecular weight excluding hydrogens is 508 g/mol. The van der Waals surface area contributed by atoms with Gasteiger partial charge in [0.25, 0.3) is 5.69 Å². The lowest BCUT2D eigenvalue weighted by atomic mass is 9.68. The van der Waals surface area contributed by atoms with Crippen LogP contribution >= 0.6 is 0 Å². The molecule has 4 aromatic rings. The number of benzene rings is 3. The van der Waals surface area contributed by atoms with Crippen LogP contribution in [0.4, 0.5) is 11.4 Å². The molecule has 0 saturated carbocycles. The lowest BCUT2D eigenvalue weighted by Crippen LogP contribution is -2.33. The van der Waals surface area contributed by atoms with Crippen molar-refractivity contribution in [1.82, 2.24) is 0 Å². The predicted molar refractivity (Wildman–Crippen MR) is 152 cm³/mol. The average molecular weight is 537 g/mol. The van der Waals surface area contributed by atoms with E-state index < -0.39 is 16.9 Å². The molecule has 0 saturated heterocycles. The lowest BCUT2D eigenvalue weighted by molar-refractivity contribution is -0.384. The van der Waals surface area contributed by atoms with E-state index in [0.717, 1.165) is 34.0 Å². The molecule has 1 N–H and O–H groups in total. The zero-order valence-electron chi connectivity index (χ0n) is 22.4. The predicted octanol–water partition coefficient (Wildman–Crippen LogP) is 7.49. The number of allylic oxidation sites excluding steroid dienone is 1. The van der Waals surface area contributed by atoms with Crippen LogP contribution in [-0.4, -0.2) is 23.3 Å². The van der Waals surface area contributed by atoms with Gasteiger partial charge in [0, 0.05) is 29.3 Å². The number of Topliss-reactive ketones (excluding diaryl/α,β-unsaturated/α-hetero) is 1. The third-order valence-corrected chi connectivity index (χ3v) is 7.62. The number of esters is 1. The Bertz CT molecular complexity index is 1750. The Morgan fingerprint density at radius 2 is 1.90 bits per heavy atom. The van der Waals surface area contributed by atoms with Gasteiger partial charge in [-0.2, -0.15) is 0 Å². The summed E-state index contributed by atoms with van der Waals surface area (Å²) in [4.78, 5) is 37.2. The largest absolute Gasteiger partial charge is 0.462 e. The molecule has 1 atom stereocenters. The van der Waals surface area contributed by atoms with Crippen molar-refractivity contribution in [2.45, 2.75) is 39.7 Å². The summed E-state index contributed by atoms with van der Waals surface area (Å²) in [5.41, 5.74) is 3.51. The van der Waals surface area contributed by atoms with Crippen LogP contribution in [0.5, 0.6) is 0 Å². The zero-order valence-corrected chi connectivity index (χ0v) is 22.4. The van der Waals surface area contributed by atoms with Crippen LogP contribution in [0.1, 0.15) is 61.3 Å². The molecule has 6 rings (SSSR count). The van der Waals surface area contributed by atoms with Crippen molar-refractivity contribution in [3.63, 3.8) is 0 Å². The van der Waals surface area contributed by atoms with Gasteiger partial charge in [-0.15, -0.1) is 0 Å². The number of fused-ring (bicyclic) bond motifs is 4. The number of nitrogens with one attached hydrogen (secondary N) is 1. The molecule has 1 aromatic heterocycles. The monoisotopic (exact) mass is 536 g/mol. The molecule has 3 aromatic carbocycles. The highest BCUT2D eigenvalue weighted by atomic mass is 16.6. The fraction of sp³-hybridized carbons (Fsp3) is 0.250.